The van der Waals surface area contributed by atoms with Gasteiger partial charge in [-0.05, 0) is 37.1 Å². The lowest BCUT2D eigenvalue weighted by molar-refractivity contribution is 0.986. The van der Waals surface area contributed by atoms with Crippen molar-refractivity contribution < 1.29 is 0 Å². The molecule has 7 heteroatoms. The van der Waals surface area contributed by atoms with Gasteiger partial charge >= 0.3 is 0 Å². The molecule has 120 valence electrons. The lowest BCUT2D eigenvalue weighted by atomic mass is 10.1. The summed E-state index contributed by atoms with van der Waals surface area (Å²) in [6.45, 7) is 4.64. The minimum atomic E-state index is 0. The second-order valence-electron chi connectivity index (χ2n) is 5.14. The Morgan fingerprint density at radius 3 is 2.64 bits per heavy atom. The fourth-order valence-corrected chi connectivity index (χ4v) is 2.50. The molecule has 0 fully saturated rings. The maximum atomic E-state index is 5.91. The molecule has 3 N–H and O–H groups in total. The van der Waals surface area contributed by atoms with Crippen LogP contribution in [0.15, 0.2) is 28.6 Å². The zero-order valence-corrected chi connectivity index (χ0v) is 16.4. The molecule has 0 unspecified atom stereocenters. The van der Waals surface area contributed by atoms with E-state index >= 15 is 0 Å². The fraction of sp³-hybridized carbons (Fsp3) is 0.333. The van der Waals surface area contributed by atoms with Gasteiger partial charge in [-0.3, -0.25) is 0 Å². The number of nitrogens with zero attached hydrogens (tertiary/aromatic N) is 3. The molecular formula is C15H22IN5S. The highest BCUT2D eigenvalue weighted by atomic mass is 127. The highest BCUT2D eigenvalue weighted by molar-refractivity contribution is 14.0. The molecule has 5 nitrogen and oxygen atoms in total. The van der Waals surface area contributed by atoms with E-state index in [9.17, 15) is 0 Å². The molecule has 0 atom stereocenters. The van der Waals surface area contributed by atoms with Crippen LogP contribution in [0, 0.1) is 13.8 Å². The summed E-state index contributed by atoms with van der Waals surface area (Å²) in [5.41, 5.74) is 10.3. The van der Waals surface area contributed by atoms with E-state index in [0.29, 0.717) is 12.5 Å². The zero-order chi connectivity index (χ0) is 15.4. The molecule has 0 radical (unpaired) electrons. The SMILES string of the molecule is Cc1ccc(NC(N)=NCc2csc(N(C)C)n2)cc1C.I. The van der Waals surface area contributed by atoms with Crippen molar-refractivity contribution in [2.45, 2.75) is 20.4 Å². The van der Waals surface area contributed by atoms with Gasteiger partial charge < -0.3 is 16.0 Å². The topological polar surface area (TPSA) is 66.5 Å². The molecule has 0 bridgehead atoms. The highest BCUT2D eigenvalue weighted by Crippen LogP contribution is 2.18. The minimum absolute atomic E-state index is 0. The number of aliphatic imine (C=N–C) groups is 1. The summed E-state index contributed by atoms with van der Waals surface area (Å²) in [4.78, 5) is 10.8. The summed E-state index contributed by atoms with van der Waals surface area (Å²) in [7, 11) is 3.95. The van der Waals surface area contributed by atoms with Crippen LogP contribution >= 0.6 is 35.3 Å². The Morgan fingerprint density at radius 2 is 2.05 bits per heavy atom. The van der Waals surface area contributed by atoms with Crippen LogP contribution in [0.5, 0.6) is 0 Å². The number of anilines is 2. The van der Waals surface area contributed by atoms with Crippen molar-refractivity contribution in [2.24, 2.45) is 10.7 Å². The van der Waals surface area contributed by atoms with Crippen LogP contribution < -0.4 is 16.0 Å². The van der Waals surface area contributed by atoms with Crippen LogP contribution in [0.1, 0.15) is 16.8 Å². The van der Waals surface area contributed by atoms with E-state index < -0.39 is 0 Å². The van der Waals surface area contributed by atoms with Gasteiger partial charge in [-0.2, -0.15) is 0 Å². The highest BCUT2D eigenvalue weighted by Gasteiger charge is 2.03. The third-order valence-corrected chi connectivity index (χ3v) is 4.17. The van der Waals surface area contributed by atoms with Gasteiger partial charge in [-0.25, -0.2) is 9.98 Å². The van der Waals surface area contributed by atoms with Crippen molar-refractivity contribution in [1.29, 1.82) is 0 Å². The van der Waals surface area contributed by atoms with E-state index in [1.165, 1.54) is 11.1 Å². The largest absolute Gasteiger partial charge is 0.370 e. The Bertz CT molecular complexity index is 651. The number of hydrogen-bond acceptors (Lipinski definition) is 4. The molecule has 22 heavy (non-hydrogen) atoms. The average Bonchev–Trinajstić information content (AvgIpc) is 2.90. The van der Waals surface area contributed by atoms with Crippen molar-refractivity contribution in [3.63, 3.8) is 0 Å². The smallest absolute Gasteiger partial charge is 0.193 e. The predicted molar refractivity (Wildman–Crippen MR) is 107 cm³/mol. The summed E-state index contributed by atoms with van der Waals surface area (Å²) < 4.78 is 0. The number of benzene rings is 1. The van der Waals surface area contributed by atoms with E-state index in [1.807, 2.05) is 30.4 Å². The molecule has 1 heterocycles. The number of guanidine groups is 1. The number of rotatable bonds is 4. The number of halogens is 1. The second-order valence-corrected chi connectivity index (χ2v) is 5.98. The normalized spacial score (nSPS) is 11.0. The third kappa shape index (κ3) is 5.13. The van der Waals surface area contributed by atoms with Crippen molar-refractivity contribution >= 4 is 52.1 Å². The van der Waals surface area contributed by atoms with Gasteiger partial charge in [-0.1, -0.05) is 6.07 Å². The third-order valence-electron chi connectivity index (χ3n) is 3.11. The van der Waals surface area contributed by atoms with E-state index in [0.717, 1.165) is 16.5 Å². The molecule has 2 rings (SSSR count). The molecule has 0 saturated carbocycles. The number of hydrogen-bond donors (Lipinski definition) is 2. The van der Waals surface area contributed by atoms with E-state index in [-0.39, 0.29) is 24.0 Å². The first-order valence-corrected chi connectivity index (χ1v) is 7.59. The van der Waals surface area contributed by atoms with Crippen molar-refractivity contribution in [3.8, 4) is 0 Å². The summed E-state index contributed by atoms with van der Waals surface area (Å²) >= 11 is 1.60. The molecular weight excluding hydrogens is 409 g/mol. The lowest BCUT2D eigenvalue weighted by Gasteiger charge is -2.08. The Labute approximate surface area is 152 Å². The fourth-order valence-electron chi connectivity index (χ4n) is 1.75. The molecule has 1 aromatic carbocycles. The van der Waals surface area contributed by atoms with Crippen LogP contribution in [0.4, 0.5) is 10.8 Å². The molecule has 0 saturated heterocycles. The summed E-state index contributed by atoms with van der Waals surface area (Å²) in [5.74, 6) is 0.401. The van der Waals surface area contributed by atoms with Crippen molar-refractivity contribution in [1.82, 2.24) is 4.98 Å². The molecule has 1 aromatic heterocycles. The maximum Gasteiger partial charge on any atom is 0.193 e. The molecule has 2 aromatic rings. The Morgan fingerprint density at radius 1 is 1.32 bits per heavy atom. The molecule has 0 aliphatic carbocycles. The molecule has 0 spiro atoms. The van der Waals surface area contributed by atoms with Crippen molar-refractivity contribution in [3.05, 3.63) is 40.4 Å². The average molecular weight is 431 g/mol. The summed E-state index contributed by atoms with van der Waals surface area (Å²) in [6.07, 6.45) is 0. The first-order valence-electron chi connectivity index (χ1n) is 6.71. The zero-order valence-electron chi connectivity index (χ0n) is 13.3. The minimum Gasteiger partial charge on any atom is -0.370 e. The first kappa shape index (κ1) is 18.7. The van der Waals surface area contributed by atoms with Gasteiger partial charge in [-0.15, -0.1) is 35.3 Å². The number of nitrogens with one attached hydrogen (secondary N) is 1. The Kier molecular flexibility index (Phi) is 7.08. The van der Waals surface area contributed by atoms with Gasteiger partial charge in [0, 0.05) is 25.2 Å². The van der Waals surface area contributed by atoms with Gasteiger partial charge in [0.05, 0.1) is 12.2 Å². The van der Waals surface area contributed by atoms with Crippen LogP contribution in [-0.2, 0) is 6.54 Å². The van der Waals surface area contributed by atoms with Gasteiger partial charge in [0.2, 0.25) is 0 Å². The van der Waals surface area contributed by atoms with Gasteiger partial charge in [0.25, 0.3) is 0 Å². The second kappa shape index (κ2) is 8.33. The van der Waals surface area contributed by atoms with E-state index in [4.69, 9.17) is 5.73 Å². The number of aryl methyl sites for hydroxylation is 2. The standard InChI is InChI=1S/C15H21N5S.HI/c1-10-5-6-12(7-11(10)2)18-14(16)17-8-13-9-21-15(19-13)20(3)4;/h5-7,9H,8H2,1-4H3,(H3,16,17,18);1H. The van der Waals surface area contributed by atoms with Crippen LogP contribution in [0.25, 0.3) is 0 Å². The maximum absolute atomic E-state index is 5.91. The van der Waals surface area contributed by atoms with Crippen LogP contribution in [0.2, 0.25) is 0 Å². The number of aromatic nitrogens is 1. The first-order chi connectivity index (χ1) is 9.95. The van der Waals surface area contributed by atoms with E-state index in [2.05, 4.69) is 41.3 Å². The van der Waals surface area contributed by atoms with Crippen LogP contribution in [0.3, 0.4) is 0 Å². The lowest BCUT2D eigenvalue weighted by Crippen LogP contribution is -2.22. The molecule has 0 amide bonds. The number of thiazole rings is 1. The van der Waals surface area contributed by atoms with Gasteiger partial charge in [0.1, 0.15) is 0 Å². The van der Waals surface area contributed by atoms with Crippen molar-refractivity contribution in [2.75, 3.05) is 24.3 Å². The monoisotopic (exact) mass is 431 g/mol. The van der Waals surface area contributed by atoms with Gasteiger partial charge in [0.15, 0.2) is 11.1 Å². The van der Waals surface area contributed by atoms with Crippen LogP contribution in [-0.4, -0.2) is 25.0 Å². The summed E-state index contributed by atoms with van der Waals surface area (Å²) in [6, 6.07) is 6.12. The summed E-state index contributed by atoms with van der Waals surface area (Å²) in [5, 5.41) is 6.08. The predicted octanol–water partition coefficient (Wildman–Crippen LogP) is 3.37. The molecule has 0 aliphatic rings. The molecule has 0 aliphatic heterocycles. The van der Waals surface area contributed by atoms with E-state index in [1.54, 1.807) is 11.3 Å². The quantitative estimate of drug-likeness (QED) is 0.443. The Hall–Kier alpha value is -1.35. The number of nitrogens with two attached hydrogens (primary N) is 1. The Balaban J connectivity index is 0.00000242.